The molecule has 3 aromatic carbocycles. The lowest BCUT2D eigenvalue weighted by atomic mass is 10.1. The molecule has 0 saturated carbocycles. The number of rotatable bonds is 7. The van der Waals surface area contributed by atoms with Gasteiger partial charge >= 0.3 is 5.97 Å². The summed E-state index contributed by atoms with van der Waals surface area (Å²) in [5.74, 6) is -0.188. The molecule has 0 saturated heterocycles. The number of carbonyl (C=O) groups is 1. The molecule has 3 aromatic rings. The number of para-hydroxylation sites is 1. The molecule has 26 heavy (non-hydrogen) atoms. The summed E-state index contributed by atoms with van der Waals surface area (Å²) in [7, 11) is 0. The number of anilines is 1. The van der Waals surface area contributed by atoms with Crippen molar-refractivity contribution in [2.45, 2.75) is 13.2 Å². The summed E-state index contributed by atoms with van der Waals surface area (Å²) in [6.07, 6.45) is 0. The zero-order valence-electron chi connectivity index (χ0n) is 14.0. The van der Waals surface area contributed by atoms with Crippen molar-refractivity contribution in [2.75, 3.05) is 5.32 Å². The van der Waals surface area contributed by atoms with Gasteiger partial charge in [-0.1, -0.05) is 54.1 Å². The molecule has 0 fully saturated rings. The average molecular weight is 368 g/mol. The number of ether oxygens (including phenoxy) is 1. The fourth-order valence-corrected chi connectivity index (χ4v) is 2.71. The Morgan fingerprint density at radius 1 is 0.962 bits per heavy atom. The molecule has 5 heteroatoms. The Balaban J connectivity index is 1.68. The van der Waals surface area contributed by atoms with E-state index in [0.29, 0.717) is 18.2 Å². The van der Waals surface area contributed by atoms with E-state index < -0.39 is 5.97 Å². The predicted octanol–water partition coefficient (Wildman–Crippen LogP) is 5.23. The molecule has 0 aliphatic carbocycles. The Hall–Kier alpha value is -2.98. The zero-order chi connectivity index (χ0) is 18.4. The third kappa shape index (κ3) is 4.55. The van der Waals surface area contributed by atoms with Crippen LogP contribution in [0.5, 0.6) is 5.75 Å². The van der Waals surface area contributed by atoms with E-state index in [-0.39, 0.29) is 5.56 Å². The molecule has 0 aromatic heterocycles. The Labute approximate surface area is 157 Å². The van der Waals surface area contributed by atoms with Crippen LogP contribution in [0.15, 0.2) is 72.8 Å². The summed E-state index contributed by atoms with van der Waals surface area (Å²) in [5, 5.41) is 13.0. The SMILES string of the molecule is O=C(O)c1cccc(NCc2ccccc2OCc2ccccc2Cl)c1. The van der Waals surface area contributed by atoms with Crippen LogP contribution in [0.4, 0.5) is 5.69 Å². The number of aromatic carboxylic acids is 1. The van der Waals surface area contributed by atoms with Gasteiger partial charge in [-0.15, -0.1) is 0 Å². The quantitative estimate of drug-likeness (QED) is 0.600. The van der Waals surface area contributed by atoms with E-state index in [0.717, 1.165) is 22.6 Å². The number of carboxylic acids is 1. The lowest BCUT2D eigenvalue weighted by molar-refractivity contribution is 0.0697. The number of carboxylic acid groups (broad SMARTS) is 1. The first kappa shape index (κ1) is 17.8. The summed E-state index contributed by atoms with van der Waals surface area (Å²) in [6.45, 7) is 0.896. The Bertz CT molecular complexity index is 911. The summed E-state index contributed by atoms with van der Waals surface area (Å²) >= 11 is 6.17. The molecular formula is C21H18ClNO3. The highest BCUT2D eigenvalue weighted by atomic mass is 35.5. The number of benzene rings is 3. The van der Waals surface area contributed by atoms with Crippen LogP contribution in [0, 0.1) is 0 Å². The third-order valence-electron chi connectivity index (χ3n) is 3.91. The van der Waals surface area contributed by atoms with Crippen molar-refractivity contribution in [3.8, 4) is 5.75 Å². The van der Waals surface area contributed by atoms with Crippen LogP contribution in [0.2, 0.25) is 5.02 Å². The maximum atomic E-state index is 11.1. The van der Waals surface area contributed by atoms with E-state index in [2.05, 4.69) is 5.32 Å². The second-order valence-corrected chi connectivity index (χ2v) is 6.13. The molecule has 0 amide bonds. The summed E-state index contributed by atoms with van der Waals surface area (Å²) in [5.41, 5.74) is 2.88. The van der Waals surface area contributed by atoms with Crippen molar-refractivity contribution in [2.24, 2.45) is 0 Å². The van der Waals surface area contributed by atoms with Crippen LogP contribution in [0.25, 0.3) is 0 Å². The number of hydrogen-bond donors (Lipinski definition) is 2. The van der Waals surface area contributed by atoms with Gasteiger partial charge in [-0.25, -0.2) is 4.79 Å². The van der Waals surface area contributed by atoms with E-state index in [4.69, 9.17) is 21.4 Å². The highest BCUT2D eigenvalue weighted by Gasteiger charge is 2.07. The van der Waals surface area contributed by atoms with Crippen molar-refractivity contribution in [1.82, 2.24) is 0 Å². The van der Waals surface area contributed by atoms with Gasteiger partial charge < -0.3 is 15.2 Å². The molecule has 4 nitrogen and oxygen atoms in total. The molecule has 0 aliphatic heterocycles. The maximum Gasteiger partial charge on any atom is 0.335 e. The number of nitrogens with one attached hydrogen (secondary N) is 1. The van der Waals surface area contributed by atoms with Gasteiger partial charge in [-0.3, -0.25) is 0 Å². The fraction of sp³-hybridized carbons (Fsp3) is 0.0952. The maximum absolute atomic E-state index is 11.1. The van der Waals surface area contributed by atoms with Gasteiger partial charge in [0.2, 0.25) is 0 Å². The summed E-state index contributed by atoms with van der Waals surface area (Å²) in [4.78, 5) is 11.1. The monoisotopic (exact) mass is 367 g/mol. The minimum atomic E-state index is -0.947. The largest absolute Gasteiger partial charge is 0.488 e. The first-order valence-corrected chi connectivity index (χ1v) is 8.52. The van der Waals surface area contributed by atoms with Gasteiger partial charge in [0.1, 0.15) is 12.4 Å². The molecule has 0 atom stereocenters. The van der Waals surface area contributed by atoms with Gasteiger partial charge in [-0.05, 0) is 30.3 Å². The molecule has 0 radical (unpaired) electrons. The zero-order valence-corrected chi connectivity index (χ0v) is 14.7. The molecule has 132 valence electrons. The minimum absolute atomic E-state index is 0.248. The fourth-order valence-electron chi connectivity index (χ4n) is 2.52. The van der Waals surface area contributed by atoms with Gasteiger partial charge in [0.15, 0.2) is 0 Å². The van der Waals surface area contributed by atoms with Gasteiger partial charge in [0, 0.05) is 28.4 Å². The molecular weight excluding hydrogens is 350 g/mol. The Morgan fingerprint density at radius 3 is 2.46 bits per heavy atom. The molecule has 0 aliphatic rings. The van der Waals surface area contributed by atoms with Gasteiger partial charge in [0.05, 0.1) is 5.56 Å². The van der Waals surface area contributed by atoms with Crippen molar-refractivity contribution >= 4 is 23.3 Å². The van der Waals surface area contributed by atoms with E-state index in [9.17, 15) is 4.79 Å². The second-order valence-electron chi connectivity index (χ2n) is 5.73. The van der Waals surface area contributed by atoms with Gasteiger partial charge in [-0.2, -0.15) is 0 Å². The van der Waals surface area contributed by atoms with E-state index in [1.165, 1.54) is 0 Å². The first-order chi connectivity index (χ1) is 12.6. The average Bonchev–Trinajstić information content (AvgIpc) is 2.66. The van der Waals surface area contributed by atoms with E-state index >= 15 is 0 Å². The lowest BCUT2D eigenvalue weighted by Gasteiger charge is -2.13. The Kier molecular flexibility index (Phi) is 5.77. The van der Waals surface area contributed by atoms with Crippen LogP contribution in [0.1, 0.15) is 21.5 Å². The van der Waals surface area contributed by atoms with Crippen LogP contribution in [0.3, 0.4) is 0 Å². The molecule has 0 bridgehead atoms. The predicted molar refractivity (Wildman–Crippen MR) is 103 cm³/mol. The minimum Gasteiger partial charge on any atom is -0.488 e. The number of halogens is 1. The van der Waals surface area contributed by atoms with Crippen molar-refractivity contribution in [3.63, 3.8) is 0 Å². The van der Waals surface area contributed by atoms with E-state index in [1.807, 2.05) is 54.6 Å². The van der Waals surface area contributed by atoms with Crippen LogP contribution in [-0.2, 0) is 13.2 Å². The third-order valence-corrected chi connectivity index (χ3v) is 4.27. The highest BCUT2D eigenvalue weighted by molar-refractivity contribution is 6.31. The summed E-state index contributed by atoms with van der Waals surface area (Å²) in [6, 6.07) is 22.0. The second kappa shape index (κ2) is 8.41. The van der Waals surface area contributed by atoms with E-state index in [1.54, 1.807) is 18.2 Å². The van der Waals surface area contributed by atoms with Crippen molar-refractivity contribution in [1.29, 1.82) is 0 Å². The summed E-state index contributed by atoms with van der Waals surface area (Å²) < 4.78 is 5.94. The normalized spacial score (nSPS) is 10.3. The van der Waals surface area contributed by atoms with Crippen LogP contribution in [-0.4, -0.2) is 11.1 Å². The van der Waals surface area contributed by atoms with Crippen LogP contribution < -0.4 is 10.1 Å². The molecule has 3 rings (SSSR count). The standard InChI is InChI=1S/C21H18ClNO3/c22-19-10-3-1-7-17(19)14-26-20-11-4-2-6-16(20)13-23-18-9-5-8-15(12-18)21(24)25/h1-12,23H,13-14H2,(H,24,25). The number of hydrogen-bond acceptors (Lipinski definition) is 3. The molecule has 2 N–H and O–H groups in total. The Morgan fingerprint density at radius 2 is 1.69 bits per heavy atom. The van der Waals surface area contributed by atoms with Crippen molar-refractivity contribution in [3.05, 3.63) is 94.5 Å². The van der Waals surface area contributed by atoms with Crippen molar-refractivity contribution < 1.29 is 14.6 Å². The smallest absolute Gasteiger partial charge is 0.335 e. The topological polar surface area (TPSA) is 58.6 Å². The molecule has 0 spiro atoms. The lowest BCUT2D eigenvalue weighted by Crippen LogP contribution is -2.05. The van der Waals surface area contributed by atoms with Crippen LogP contribution >= 0.6 is 11.6 Å². The van der Waals surface area contributed by atoms with Gasteiger partial charge in [0.25, 0.3) is 0 Å². The highest BCUT2D eigenvalue weighted by Crippen LogP contribution is 2.23. The molecule has 0 unspecified atom stereocenters. The molecule has 0 heterocycles. The first-order valence-electron chi connectivity index (χ1n) is 8.15.